The second-order valence-corrected chi connectivity index (χ2v) is 9.12. The minimum Gasteiger partial charge on any atom is -0.497 e. The van der Waals surface area contributed by atoms with Crippen LogP contribution in [0, 0.1) is 5.92 Å². The summed E-state index contributed by atoms with van der Waals surface area (Å²) in [6, 6.07) is 9.52. The van der Waals surface area contributed by atoms with Crippen LogP contribution < -0.4 is 29.6 Å². The molecular weight excluding hydrogens is 436 g/mol. The van der Waals surface area contributed by atoms with E-state index in [9.17, 15) is 9.59 Å². The fraction of sp³-hybridized carbons (Fsp3) is 0.462. The van der Waals surface area contributed by atoms with Gasteiger partial charge in [0, 0.05) is 36.2 Å². The van der Waals surface area contributed by atoms with E-state index >= 15 is 0 Å². The maximum atomic E-state index is 13.1. The molecule has 1 spiro atoms. The number of rotatable bonds is 7. The van der Waals surface area contributed by atoms with E-state index in [1.54, 1.807) is 30.3 Å². The molecule has 1 heterocycles. The monoisotopic (exact) mass is 468 g/mol. The van der Waals surface area contributed by atoms with Gasteiger partial charge in [0.2, 0.25) is 5.91 Å². The van der Waals surface area contributed by atoms with Crippen molar-refractivity contribution in [2.75, 3.05) is 19.5 Å². The minimum absolute atomic E-state index is 0.143. The smallest absolute Gasteiger partial charge is 0.252 e. The average Bonchev–Trinajstić information content (AvgIpc) is 3.18. The van der Waals surface area contributed by atoms with Crippen molar-refractivity contribution in [2.45, 2.75) is 57.8 Å². The van der Waals surface area contributed by atoms with Gasteiger partial charge in [-0.1, -0.05) is 20.3 Å². The third-order valence-corrected chi connectivity index (χ3v) is 6.27. The summed E-state index contributed by atoms with van der Waals surface area (Å²) in [5, 5.41) is 5.74. The number of carbonyl (C=O) groups is 2. The van der Waals surface area contributed by atoms with Crippen LogP contribution in [0.25, 0.3) is 0 Å². The predicted octanol–water partition coefficient (Wildman–Crippen LogP) is 4.53. The molecule has 0 aromatic heterocycles. The highest BCUT2D eigenvalue weighted by atomic mass is 16.7. The number of amides is 2. The van der Waals surface area contributed by atoms with Gasteiger partial charge in [0.25, 0.3) is 11.7 Å². The predicted molar refractivity (Wildman–Crippen MR) is 128 cm³/mol. The normalized spacial score (nSPS) is 16.7. The number of nitrogens with one attached hydrogen (secondary N) is 2. The molecule has 0 saturated heterocycles. The first kappa shape index (κ1) is 23.7. The summed E-state index contributed by atoms with van der Waals surface area (Å²) < 4.78 is 22.8. The van der Waals surface area contributed by atoms with Crippen LogP contribution in [0.4, 0.5) is 5.69 Å². The van der Waals surface area contributed by atoms with Crippen molar-refractivity contribution >= 4 is 17.5 Å². The third-order valence-electron chi connectivity index (χ3n) is 6.27. The van der Waals surface area contributed by atoms with Crippen LogP contribution in [0.3, 0.4) is 0 Å². The van der Waals surface area contributed by atoms with Crippen LogP contribution in [-0.2, 0) is 4.79 Å². The van der Waals surface area contributed by atoms with Crippen molar-refractivity contribution in [1.29, 1.82) is 0 Å². The Morgan fingerprint density at radius 1 is 0.912 bits per heavy atom. The third kappa shape index (κ3) is 5.05. The van der Waals surface area contributed by atoms with Crippen LogP contribution in [0.5, 0.6) is 23.0 Å². The van der Waals surface area contributed by atoms with Crippen LogP contribution in [0.2, 0.25) is 0 Å². The van der Waals surface area contributed by atoms with E-state index in [1.807, 2.05) is 19.9 Å². The average molecular weight is 469 g/mol. The summed E-state index contributed by atoms with van der Waals surface area (Å²) in [6.45, 7) is 3.76. The van der Waals surface area contributed by atoms with Crippen molar-refractivity contribution in [3.05, 3.63) is 42.0 Å². The Kier molecular flexibility index (Phi) is 6.86. The molecule has 1 saturated carbocycles. The maximum Gasteiger partial charge on any atom is 0.252 e. The molecule has 0 radical (unpaired) electrons. The number of fused-ring (bicyclic) bond motifs is 1. The van der Waals surface area contributed by atoms with Gasteiger partial charge in [0.1, 0.15) is 17.5 Å². The van der Waals surface area contributed by atoms with Gasteiger partial charge in [0.05, 0.1) is 14.2 Å². The SMILES string of the molecule is COc1cc(OC)cc(C(=O)N[C@H](C(=O)Nc2ccc3c(c2)OC2(CCCCC2)O3)C(C)C)c1. The molecule has 4 rings (SSSR count). The summed E-state index contributed by atoms with van der Waals surface area (Å²) in [4.78, 5) is 26.1. The van der Waals surface area contributed by atoms with E-state index in [1.165, 1.54) is 20.6 Å². The Labute approximate surface area is 199 Å². The van der Waals surface area contributed by atoms with Crippen molar-refractivity contribution in [2.24, 2.45) is 5.92 Å². The Morgan fingerprint density at radius 3 is 2.18 bits per heavy atom. The molecule has 2 amide bonds. The molecule has 2 aromatic carbocycles. The van der Waals surface area contributed by atoms with Crippen LogP contribution in [0.1, 0.15) is 56.3 Å². The quantitative estimate of drug-likeness (QED) is 0.620. The van der Waals surface area contributed by atoms with Gasteiger partial charge >= 0.3 is 0 Å². The Hall–Kier alpha value is -3.42. The second-order valence-electron chi connectivity index (χ2n) is 9.12. The summed E-state index contributed by atoms with van der Waals surface area (Å²) in [7, 11) is 3.03. The zero-order valence-electron chi connectivity index (χ0n) is 20.1. The van der Waals surface area contributed by atoms with Gasteiger partial charge in [-0.05, 0) is 43.0 Å². The van der Waals surface area contributed by atoms with Gasteiger partial charge in [0.15, 0.2) is 11.5 Å². The second kappa shape index (κ2) is 9.83. The summed E-state index contributed by atoms with van der Waals surface area (Å²) in [5.41, 5.74) is 0.929. The zero-order chi connectivity index (χ0) is 24.3. The molecule has 2 aliphatic rings. The van der Waals surface area contributed by atoms with Crippen LogP contribution in [-0.4, -0.2) is 37.9 Å². The highest BCUT2D eigenvalue weighted by molar-refractivity contribution is 6.01. The highest BCUT2D eigenvalue weighted by Crippen LogP contribution is 2.46. The molecule has 0 bridgehead atoms. The fourth-order valence-electron chi connectivity index (χ4n) is 4.38. The van der Waals surface area contributed by atoms with Crippen molar-refractivity contribution in [1.82, 2.24) is 5.32 Å². The van der Waals surface area contributed by atoms with E-state index in [2.05, 4.69) is 10.6 Å². The number of anilines is 1. The number of hydrogen-bond acceptors (Lipinski definition) is 6. The standard InChI is InChI=1S/C26H32N2O6/c1-16(2)23(28-24(29)17-12-19(31-3)15-20(13-17)32-4)25(30)27-18-8-9-21-22(14-18)34-26(33-21)10-6-5-7-11-26/h8-9,12-16,23H,5-7,10-11H2,1-4H3,(H,27,30)(H,28,29)/t23-/m0/s1. The van der Waals surface area contributed by atoms with Gasteiger partial charge in [-0.15, -0.1) is 0 Å². The lowest BCUT2D eigenvalue weighted by Gasteiger charge is -2.31. The molecule has 8 nitrogen and oxygen atoms in total. The first-order chi connectivity index (χ1) is 16.3. The largest absolute Gasteiger partial charge is 0.497 e. The number of hydrogen-bond donors (Lipinski definition) is 2. The first-order valence-electron chi connectivity index (χ1n) is 11.7. The van der Waals surface area contributed by atoms with Gasteiger partial charge in [-0.3, -0.25) is 9.59 Å². The molecule has 8 heteroatoms. The molecule has 1 atom stereocenters. The molecule has 34 heavy (non-hydrogen) atoms. The summed E-state index contributed by atoms with van der Waals surface area (Å²) >= 11 is 0. The minimum atomic E-state index is -0.750. The van der Waals surface area contributed by atoms with E-state index < -0.39 is 17.7 Å². The number of carbonyl (C=O) groups excluding carboxylic acids is 2. The molecule has 0 unspecified atom stereocenters. The summed E-state index contributed by atoms with van der Waals surface area (Å²) in [6.07, 6.45) is 5.07. The lowest BCUT2D eigenvalue weighted by Crippen LogP contribution is -2.47. The Balaban J connectivity index is 1.45. The highest BCUT2D eigenvalue weighted by Gasteiger charge is 2.42. The molecule has 1 aliphatic heterocycles. The number of ether oxygens (including phenoxy) is 4. The molecule has 2 aromatic rings. The lowest BCUT2D eigenvalue weighted by molar-refractivity contribution is -0.118. The Morgan fingerprint density at radius 2 is 1.56 bits per heavy atom. The fourth-order valence-corrected chi connectivity index (χ4v) is 4.38. The van der Waals surface area contributed by atoms with Gasteiger partial charge < -0.3 is 29.6 Å². The van der Waals surface area contributed by atoms with E-state index in [4.69, 9.17) is 18.9 Å². The Bertz CT molecular complexity index is 1040. The van der Waals surface area contributed by atoms with E-state index in [0.29, 0.717) is 34.2 Å². The van der Waals surface area contributed by atoms with E-state index in [0.717, 1.165) is 25.7 Å². The summed E-state index contributed by atoms with van der Waals surface area (Å²) in [5.74, 6) is 0.887. The van der Waals surface area contributed by atoms with Gasteiger partial charge in [-0.25, -0.2) is 0 Å². The number of benzene rings is 2. The molecule has 1 aliphatic carbocycles. The lowest BCUT2D eigenvalue weighted by atomic mass is 9.94. The first-order valence-corrected chi connectivity index (χ1v) is 11.7. The molecule has 1 fully saturated rings. The number of methoxy groups -OCH3 is 2. The zero-order valence-corrected chi connectivity index (χ0v) is 20.1. The molecular formula is C26H32N2O6. The van der Waals surface area contributed by atoms with Crippen LogP contribution in [0.15, 0.2) is 36.4 Å². The van der Waals surface area contributed by atoms with Crippen molar-refractivity contribution in [3.63, 3.8) is 0 Å². The van der Waals surface area contributed by atoms with E-state index in [-0.39, 0.29) is 11.8 Å². The molecule has 182 valence electrons. The van der Waals surface area contributed by atoms with Crippen molar-refractivity contribution in [3.8, 4) is 23.0 Å². The van der Waals surface area contributed by atoms with Crippen LogP contribution >= 0.6 is 0 Å². The van der Waals surface area contributed by atoms with Gasteiger partial charge in [-0.2, -0.15) is 0 Å². The molecule has 2 N–H and O–H groups in total. The van der Waals surface area contributed by atoms with Crippen molar-refractivity contribution < 1.29 is 28.5 Å². The maximum absolute atomic E-state index is 13.1. The topological polar surface area (TPSA) is 95.1 Å².